The molecule has 0 radical (unpaired) electrons. The highest BCUT2D eigenvalue weighted by atomic mass is 19.3. The second-order valence-corrected chi connectivity index (χ2v) is 5.22. The van der Waals surface area contributed by atoms with Gasteiger partial charge in [-0.05, 0) is 38.4 Å². The predicted octanol–water partition coefficient (Wildman–Crippen LogP) is 2.96. The summed E-state index contributed by atoms with van der Waals surface area (Å²) in [4.78, 5) is 7.25. The summed E-state index contributed by atoms with van der Waals surface area (Å²) in [6, 6.07) is 4.69. The largest absolute Gasteiger partial charge is 0.342 e. The van der Waals surface area contributed by atoms with Gasteiger partial charge in [-0.1, -0.05) is 6.07 Å². The summed E-state index contributed by atoms with van der Waals surface area (Å²) in [6.45, 7) is 3.04. The minimum Gasteiger partial charge on any atom is -0.342 e. The number of aromatic amines is 1. The van der Waals surface area contributed by atoms with Crippen molar-refractivity contribution < 1.29 is 8.78 Å². The first-order chi connectivity index (χ1) is 9.07. The Morgan fingerprint density at radius 1 is 1.37 bits per heavy atom. The van der Waals surface area contributed by atoms with Crippen LogP contribution in [0.25, 0.3) is 11.0 Å². The fourth-order valence-corrected chi connectivity index (χ4v) is 2.74. The van der Waals surface area contributed by atoms with Crippen LogP contribution in [0.5, 0.6) is 0 Å². The number of aromatic nitrogens is 2. The van der Waals surface area contributed by atoms with Gasteiger partial charge in [-0.3, -0.25) is 0 Å². The molecule has 1 atom stereocenters. The molecule has 0 saturated carbocycles. The predicted molar refractivity (Wildman–Crippen MR) is 70.3 cm³/mol. The zero-order chi connectivity index (χ0) is 13.5. The minimum absolute atomic E-state index is 0.0809. The van der Waals surface area contributed by atoms with Crippen LogP contribution in [0.2, 0.25) is 0 Å². The van der Waals surface area contributed by atoms with Gasteiger partial charge in [0.1, 0.15) is 5.82 Å². The molecule has 1 aliphatic rings. The number of rotatable bonds is 2. The Morgan fingerprint density at radius 3 is 2.95 bits per heavy atom. The molecular weight excluding hydrogens is 248 g/mol. The summed E-state index contributed by atoms with van der Waals surface area (Å²) in [5.74, 6) is -2.67. The summed E-state index contributed by atoms with van der Waals surface area (Å²) >= 11 is 0. The van der Waals surface area contributed by atoms with Gasteiger partial charge >= 0.3 is 0 Å². The third-order valence-corrected chi connectivity index (χ3v) is 3.79. The van der Waals surface area contributed by atoms with Crippen molar-refractivity contribution >= 4 is 11.0 Å². The average Bonchev–Trinajstić information content (AvgIpc) is 2.78. The molecule has 19 heavy (non-hydrogen) atoms. The maximum absolute atomic E-state index is 14.5. The molecule has 2 N–H and O–H groups in total. The first-order valence-corrected chi connectivity index (χ1v) is 6.63. The Bertz CT molecular complexity index is 585. The highest BCUT2D eigenvalue weighted by Crippen LogP contribution is 2.39. The van der Waals surface area contributed by atoms with Crippen LogP contribution in [0.15, 0.2) is 18.2 Å². The van der Waals surface area contributed by atoms with Gasteiger partial charge in [-0.25, -0.2) is 13.8 Å². The number of hydrogen-bond donors (Lipinski definition) is 2. The summed E-state index contributed by atoms with van der Waals surface area (Å²) in [6.07, 6.45) is 1.38. The molecule has 0 aliphatic carbocycles. The van der Waals surface area contributed by atoms with Gasteiger partial charge in [-0.2, -0.15) is 0 Å². The lowest BCUT2D eigenvalue weighted by atomic mass is 9.88. The van der Waals surface area contributed by atoms with Crippen LogP contribution in [-0.2, 0) is 5.92 Å². The third-order valence-electron chi connectivity index (χ3n) is 3.79. The maximum atomic E-state index is 14.5. The highest BCUT2D eigenvalue weighted by Gasteiger charge is 2.41. The van der Waals surface area contributed by atoms with Gasteiger partial charge in [-0.15, -0.1) is 0 Å². The van der Waals surface area contributed by atoms with Gasteiger partial charge in [0, 0.05) is 18.0 Å². The Kier molecular flexibility index (Phi) is 3.01. The molecular formula is C14H17F2N3. The lowest BCUT2D eigenvalue weighted by molar-refractivity contribution is -0.0723. The van der Waals surface area contributed by atoms with Crippen molar-refractivity contribution in [1.82, 2.24) is 15.3 Å². The molecule has 5 heteroatoms. The van der Waals surface area contributed by atoms with Gasteiger partial charge in [0.2, 0.25) is 0 Å². The summed E-state index contributed by atoms with van der Waals surface area (Å²) < 4.78 is 29.0. The molecule has 0 spiro atoms. The number of imidazole rings is 1. The quantitative estimate of drug-likeness (QED) is 0.876. The van der Waals surface area contributed by atoms with Crippen LogP contribution < -0.4 is 5.32 Å². The van der Waals surface area contributed by atoms with E-state index in [9.17, 15) is 8.78 Å². The van der Waals surface area contributed by atoms with Crippen molar-refractivity contribution in [2.45, 2.75) is 25.7 Å². The van der Waals surface area contributed by atoms with Crippen LogP contribution in [0.1, 0.15) is 24.2 Å². The summed E-state index contributed by atoms with van der Waals surface area (Å²) in [5.41, 5.74) is 1.50. The first-order valence-electron chi connectivity index (χ1n) is 6.63. The van der Waals surface area contributed by atoms with Crippen molar-refractivity contribution in [2.75, 3.05) is 13.1 Å². The molecule has 0 bridgehead atoms. The smallest absolute Gasteiger partial charge is 0.277 e. The van der Waals surface area contributed by atoms with Crippen LogP contribution in [0.3, 0.4) is 0 Å². The van der Waals surface area contributed by atoms with E-state index in [1.807, 2.05) is 6.92 Å². The molecule has 2 aromatic rings. The number of benzene rings is 1. The highest BCUT2D eigenvalue weighted by molar-refractivity contribution is 5.76. The van der Waals surface area contributed by atoms with Crippen LogP contribution >= 0.6 is 0 Å². The van der Waals surface area contributed by atoms with Gasteiger partial charge in [0.05, 0.1) is 11.0 Å². The monoisotopic (exact) mass is 265 g/mol. The van der Waals surface area contributed by atoms with Crippen LogP contribution in [-0.4, -0.2) is 23.1 Å². The lowest BCUT2D eigenvalue weighted by Gasteiger charge is -2.30. The third kappa shape index (κ3) is 2.23. The van der Waals surface area contributed by atoms with E-state index in [0.29, 0.717) is 18.5 Å². The fraction of sp³-hybridized carbons (Fsp3) is 0.500. The van der Waals surface area contributed by atoms with E-state index in [-0.39, 0.29) is 5.56 Å². The Balaban J connectivity index is 1.96. The fourth-order valence-electron chi connectivity index (χ4n) is 2.74. The van der Waals surface area contributed by atoms with Gasteiger partial charge in [0.15, 0.2) is 0 Å². The van der Waals surface area contributed by atoms with E-state index in [1.54, 1.807) is 6.07 Å². The van der Waals surface area contributed by atoms with E-state index in [2.05, 4.69) is 15.3 Å². The standard InChI is InChI=1S/C14H17F2N3/c1-9-18-12-5-4-10(7-13(12)19-9)14(15,16)11-3-2-6-17-8-11/h4-5,7,11,17H,2-3,6,8H2,1H3,(H,18,19). The number of halogens is 2. The zero-order valence-electron chi connectivity index (χ0n) is 10.8. The van der Waals surface area contributed by atoms with Crippen molar-refractivity contribution in [1.29, 1.82) is 0 Å². The Morgan fingerprint density at radius 2 is 2.21 bits per heavy atom. The van der Waals surface area contributed by atoms with Crippen molar-refractivity contribution in [3.05, 3.63) is 29.6 Å². The molecule has 0 amide bonds. The van der Waals surface area contributed by atoms with E-state index in [0.717, 1.165) is 24.3 Å². The van der Waals surface area contributed by atoms with E-state index < -0.39 is 11.8 Å². The number of nitrogens with zero attached hydrogens (tertiary/aromatic N) is 1. The molecule has 1 aromatic carbocycles. The molecule has 1 aromatic heterocycles. The van der Waals surface area contributed by atoms with Crippen LogP contribution in [0, 0.1) is 12.8 Å². The SMILES string of the molecule is Cc1nc2ccc(C(F)(F)C3CCCNC3)cc2[nH]1. The number of hydrogen-bond acceptors (Lipinski definition) is 2. The van der Waals surface area contributed by atoms with E-state index in [4.69, 9.17) is 0 Å². The second kappa shape index (κ2) is 4.56. The summed E-state index contributed by atoms with van der Waals surface area (Å²) in [5, 5.41) is 3.05. The molecule has 3 rings (SSSR count). The van der Waals surface area contributed by atoms with E-state index in [1.165, 1.54) is 12.1 Å². The maximum Gasteiger partial charge on any atom is 0.277 e. The molecule has 1 fully saturated rings. The normalized spacial score (nSPS) is 20.9. The molecule has 2 heterocycles. The summed E-state index contributed by atoms with van der Waals surface area (Å²) in [7, 11) is 0. The van der Waals surface area contributed by atoms with Crippen molar-refractivity contribution in [3.8, 4) is 0 Å². The number of alkyl halides is 2. The molecule has 1 unspecified atom stereocenters. The molecule has 1 saturated heterocycles. The molecule has 3 nitrogen and oxygen atoms in total. The van der Waals surface area contributed by atoms with E-state index >= 15 is 0 Å². The van der Waals surface area contributed by atoms with Gasteiger partial charge < -0.3 is 10.3 Å². The Labute approximate surface area is 110 Å². The Hall–Kier alpha value is -1.49. The zero-order valence-corrected chi connectivity index (χ0v) is 10.8. The molecule has 102 valence electrons. The number of H-pyrrole nitrogens is 1. The number of aryl methyl sites for hydroxylation is 1. The van der Waals surface area contributed by atoms with Crippen molar-refractivity contribution in [3.63, 3.8) is 0 Å². The van der Waals surface area contributed by atoms with Gasteiger partial charge in [0.25, 0.3) is 5.92 Å². The molecule has 1 aliphatic heterocycles. The first kappa shape index (κ1) is 12.5. The second-order valence-electron chi connectivity index (χ2n) is 5.22. The topological polar surface area (TPSA) is 40.7 Å². The van der Waals surface area contributed by atoms with Crippen LogP contribution in [0.4, 0.5) is 8.78 Å². The number of fused-ring (bicyclic) bond motifs is 1. The minimum atomic E-state index is -2.79. The number of piperidine rings is 1. The van der Waals surface area contributed by atoms with Crippen molar-refractivity contribution in [2.24, 2.45) is 5.92 Å². The average molecular weight is 265 g/mol. The lowest BCUT2D eigenvalue weighted by Crippen LogP contribution is -2.39. The number of nitrogens with one attached hydrogen (secondary N) is 2.